The molecule has 2 nitrogen and oxygen atoms in total. The first-order valence-electron chi connectivity index (χ1n) is 13.8. The predicted molar refractivity (Wildman–Crippen MR) is 148 cm³/mol. The van der Waals surface area contributed by atoms with Gasteiger partial charge in [0.2, 0.25) is 0 Å². The SMILES string of the molecule is CCCCCCCC=Cc1ccc(C(=O)O)c(-c2ccc(CCCCCCCCCC)cc2)c1. The Bertz CT molecular complexity index is 848. The van der Waals surface area contributed by atoms with Crippen molar-refractivity contribution in [3.05, 3.63) is 65.2 Å². The quantitative estimate of drug-likeness (QED) is 0.224. The van der Waals surface area contributed by atoms with Crippen LogP contribution in [0.15, 0.2) is 48.5 Å². The van der Waals surface area contributed by atoms with Crippen molar-refractivity contribution in [1.82, 2.24) is 0 Å². The number of hydrogen-bond acceptors (Lipinski definition) is 1. The van der Waals surface area contributed by atoms with E-state index in [1.54, 1.807) is 6.07 Å². The van der Waals surface area contributed by atoms with E-state index in [9.17, 15) is 9.90 Å². The van der Waals surface area contributed by atoms with Gasteiger partial charge in [-0.25, -0.2) is 4.79 Å². The van der Waals surface area contributed by atoms with Crippen LogP contribution in [0.1, 0.15) is 125 Å². The molecule has 0 heterocycles. The lowest BCUT2D eigenvalue weighted by Crippen LogP contribution is -2.00. The van der Waals surface area contributed by atoms with E-state index in [1.165, 1.54) is 89.0 Å². The van der Waals surface area contributed by atoms with Crippen LogP contribution in [-0.2, 0) is 6.42 Å². The van der Waals surface area contributed by atoms with Crippen LogP contribution in [0.25, 0.3) is 17.2 Å². The van der Waals surface area contributed by atoms with Crippen LogP contribution in [0, 0.1) is 0 Å². The van der Waals surface area contributed by atoms with Gasteiger partial charge in [-0.1, -0.05) is 127 Å². The van der Waals surface area contributed by atoms with Gasteiger partial charge < -0.3 is 5.11 Å². The highest BCUT2D eigenvalue weighted by molar-refractivity contribution is 5.96. The molecule has 0 unspecified atom stereocenters. The first-order valence-corrected chi connectivity index (χ1v) is 13.8. The van der Waals surface area contributed by atoms with E-state index in [1.807, 2.05) is 12.1 Å². The third-order valence-corrected chi connectivity index (χ3v) is 6.64. The lowest BCUT2D eigenvalue weighted by atomic mass is 9.95. The molecule has 0 radical (unpaired) electrons. The Hall–Kier alpha value is -2.35. The minimum absolute atomic E-state index is 0.368. The van der Waals surface area contributed by atoms with Gasteiger partial charge in [0, 0.05) is 0 Å². The topological polar surface area (TPSA) is 37.3 Å². The molecule has 186 valence electrons. The van der Waals surface area contributed by atoms with E-state index in [0.717, 1.165) is 29.5 Å². The molecule has 0 bridgehead atoms. The Labute approximate surface area is 208 Å². The third-order valence-electron chi connectivity index (χ3n) is 6.64. The fourth-order valence-corrected chi connectivity index (χ4v) is 4.49. The Morgan fingerprint density at radius 1 is 0.735 bits per heavy atom. The van der Waals surface area contributed by atoms with E-state index >= 15 is 0 Å². The average Bonchev–Trinajstić information content (AvgIpc) is 2.85. The molecule has 0 saturated carbocycles. The fourth-order valence-electron chi connectivity index (χ4n) is 4.49. The third kappa shape index (κ3) is 10.7. The van der Waals surface area contributed by atoms with Crippen molar-refractivity contribution in [3.8, 4) is 11.1 Å². The number of unbranched alkanes of at least 4 members (excludes halogenated alkanes) is 12. The molecular weight excluding hydrogens is 416 g/mol. The Balaban J connectivity index is 1.91. The minimum atomic E-state index is -0.871. The molecule has 2 aromatic rings. The molecule has 0 fully saturated rings. The van der Waals surface area contributed by atoms with Crippen LogP contribution in [0.5, 0.6) is 0 Å². The van der Waals surface area contributed by atoms with Gasteiger partial charge >= 0.3 is 5.97 Å². The zero-order valence-electron chi connectivity index (χ0n) is 21.7. The highest BCUT2D eigenvalue weighted by atomic mass is 16.4. The lowest BCUT2D eigenvalue weighted by Gasteiger charge is -2.09. The first-order chi connectivity index (χ1) is 16.7. The summed E-state index contributed by atoms with van der Waals surface area (Å²) in [6.45, 7) is 4.50. The summed E-state index contributed by atoms with van der Waals surface area (Å²) in [5, 5.41) is 9.71. The summed E-state index contributed by atoms with van der Waals surface area (Å²) in [6.07, 6.45) is 23.6. The smallest absolute Gasteiger partial charge is 0.336 e. The van der Waals surface area contributed by atoms with Crippen molar-refractivity contribution in [2.24, 2.45) is 0 Å². The van der Waals surface area contributed by atoms with Crippen LogP contribution in [0.3, 0.4) is 0 Å². The van der Waals surface area contributed by atoms with Crippen LogP contribution in [-0.4, -0.2) is 11.1 Å². The zero-order valence-corrected chi connectivity index (χ0v) is 21.7. The van der Waals surface area contributed by atoms with Crippen molar-refractivity contribution in [1.29, 1.82) is 0 Å². The summed E-state index contributed by atoms with van der Waals surface area (Å²) in [6, 6.07) is 14.2. The summed E-state index contributed by atoms with van der Waals surface area (Å²) in [5.74, 6) is -0.871. The number of aryl methyl sites for hydroxylation is 1. The van der Waals surface area contributed by atoms with E-state index in [2.05, 4.69) is 50.3 Å². The molecule has 34 heavy (non-hydrogen) atoms. The molecule has 0 aliphatic carbocycles. The molecule has 1 N–H and O–H groups in total. The highest BCUT2D eigenvalue weighted by Gasteiger charge is 2.12. The number of rotatable bonds is 18. The number of carboxylic acids is 1. The van der Waals surface area contributed by atoms with Crippen molar-refractivity contribution in [3.63, 3.8) is 0 Å². The van der Waals surface area contributed by atoms with Crippen molar-refractivity contribution in [2.75, 3.05) is 0 Å². The van der Waals surface area contributed by atoms with Gasteiger partial charge in [-0.2, -0.15) is 0 Å². The van der Waals surface area contributed by atoms with Crippen molar-refractivity contribution < 1.29 is 9.90 Å². The van der Waals surface area contributed by atoms with Crippen LogP contribution in [0.4, 0.5) is 0 Å². The predicted octanol–water partition coefficient (Wildman–Crippen LogP) is 10.1. The monoisotopic (exact) mass is 462 g/mol. The Kier molecular flexibility index (Phi) is 14.1. The number of carbonyl (C=O) groups is 1. The Morgan fingerprint density at radius 3 is 1.94 bits per heavy atom. The number of carboxylic acid groups (broad SMARTS) is 1. The fraction of sp³-hybridized carbons (Fsp3) is 0.531. The molecule has 2 rings (SSSR count). The number of hydrogen-bond donors (Lipinski definition) is 1. The molecule has 2 aromatic carbocycles. The first kappa shape index (κ1) is 27.9. The number of benzene rings is 2. The second-order valence-corrected chi connectivity index (χ2v) is 9.64. The molecule has 2 heteroatoms. The van der Waals surface area contributed by atoms with E-state index in [0.29, 0.717) is 5.56 Å². The molecular formula is C32H46O2. The summed E-state index contributed by atoms with van der Waals surface area (Å²) in [5.41, 5.74) is 4.55. The molecule has 0 aliphatic heterocycles. The normalized spacial score (nSPS) is 11.4. The maximum atomic E-state index is 11.8. The largest absolute Gasteiger partial charge is 0.478 e. The second-order valence-electron chi connectivity index (χ2n) is 9.64. The maximum absolute atomic E-state index is 11.8. The maximum Gasteiger partial charge on any atom is 0.336 e. The van der Waals surface area contributed by atoms with Gasteiger partial charge in [-0.3, -0.25) is 0 Å². The van der Waals surface area contributed by atoms with E-state index in [-0.39, 0.29) is 0 Å². The lowest BCUT2D eigenvalue weighted by molar-refractivity contribution is 0.0697. The van der Waals surface area contributed by atoms with Gasteiger partial charge in [0.25, 0.3) is 0 Å². The van der Waals surface area contributed by atoms with Gasteiger partial charge in [0.05, 0.1) is 5.56 Å². The van der Waals surface area contributed by atoms with Crippen LogP contribution in [0.2, 0.25) is 0 Å². The Morgan fingerprint density at radius 2 is 1.32 bits per heavy atom. The van der Waals surface area contributed by atoms with Crippen molar-refractivity contribution in [2.45, 2.75) is 110 Å². The van der Waals surface area contributed by atoms with Gasteiger partial charge in [-0.15, -0.1) is 0 Å². The summed E-state index contributed by atoms with van der Waals surface area (Å²) >= 11 is 0. The number of allylic oxidation sites excluding steroid dienone is 1. The highest BCUT2D eigenvalue weighted by Crippen LogP contribution is 2.27. The minimum Gasteiger partial charge on any atom is -0.478 e. The molecule has 0 saturated heterocycles. The average molecular weight is 463 g/mol. The van der Waals surface area contributed by atoms with Crippen LogP contribution < -0.4 is 0 Å². The molecule has 0 amide bonds. The van der Waals surface area contributed by atoms with Gasteiger partial charge in [0.1, 0.15) is 0 Å². The van der Waals surface area contributed by atoms with E-state index in [4.69, 9.17) is 0 Å². The van der Waals surface area contributed by atoms with E-state index < -0.39 is 5.97 Å². The van der Waals surface area contributed by atoms with Crippen molar-refractivity contribution >= 4 is 12.0 Å². The molecule has 0 aliphatic rings. The summed E-state index contributed by atoms with van der Waals surface area (Å²) in [7, 11) is 0. The van der Waals surface area contributed by atoms with Gasteiger partial charge in [0.15, 0.2) is 0 Å². The molecule has 0 aromatic heterocycles. The van der Waals surface area contributed by atoms with Gasteiger partial charge in [-0.05, 0) is 60.1 Å². The summed E-state index contributed by atoms with van der Waals surface area (Å²) in [4.78, 5) is 11.8. The second kappa shape index (κ2) is 17.1. The number of aromatic carboxylic acids is 1. The zero-order chi connectivity index (χ0) is 24.4. The molecule has 0 atom stereocenters. The molecule has 0 spiro atoms. The summed E-state index contributed by atoms with van der Waals surface area (Å²) < 4.78 is 0. The standard InChI is InChI=1S/C32H46O2/c1-3-5-7-9-11-13-14-16-18-27-20-23-29(24-21-27)31-26-28(22-25-30(31)32(33)34)19-17-15-12-10-8-6-4-2/h17,19-26H,3-16,18H2,1-2H3,(H,33,34). The van der Waals surface area contributed by atoms with Crippen LogP contribution >= 0.6 is 0 Å².